The standard InChI is InChI=1S/C19H42O3SSi/c1-20-24(21-2,22-3)19-17-15-13-11-9-7-5-4-6-8-10-12-14-16-18-23/h23H,4-19H2,1-3H3. The molecule has 0 aliphatic carbocycles. The van der Waals surface area contributed by atoms with Gasteiger partial charge in [-0.3, -0.25) is 0 Å². The van der Waals surface area contributed by atoms with Crippen molar-refractivity contribution in [3.05, 3.63) is 0 Å². The first-order valence-corrected chi connectivity index (χ1v) is 12.6. The van der Waals surface area contributed by atoms with E-state index in [1.807, 2.05) is 0 Å². The van der Waals surface area contributed by atoms with Crippen molar-refractivity contribution < 1.29 is 13.3 Å². The Morgan fingerprint density at radius 2 is 0.792 bits per heavy atom. The quantitative estimate of drug-likeness (QED) is 0.163. The molecule has 0 aliphatic heterocycles. The van der Waals surface area contributed by atoms with Gasteiger partial charge in [0.05, 0.1) is 0 Å². The van der Waals surface area contributed by atoms with Gasteiger partial charge in [-0.25, -0.2) is 0 Å². The molecule has 146 valence electrons. The fraction of sp³-hybridized carbons (Fsp3) is 1.00. The third kappa shape index (κ3) is 13.7. The van der Waals surface area contributed by atoms with Gasteiger partial charge in [0.2, 0.25) is 0 Å². The summed E-state index contributed by atoms with van der Waals surface area (Å²) in [6.07, 6.45) is 19.1. The molecule has 0 aromatic rings. The zero-order valence-electron chi connectivity index (χ0n) is 16.5. The van der Waals surface area contributed by atoms with E-state index in [1.54, 1.807) is 21.3 Å². The third-order valence-corrected chi connectivity index (χ3v) is 7.97. The van der Waals surface area contributed by atoms with Crippen LogP contribution in [-0.4, -0.2) is 35.9 Å². The SMILES string of the molecule is CO[Si](CCCCCCCCCCCCCCCCS)(OC)OC. The number of unbranched alkanes of at least 4 members (excludes halogenated alkanes) is 13. The Hall–Kier alpha value is 0.447. The minimum Gasteiger partial charge on any atom is -0.377 e. The molecule has 0 radical (unpaired) electrons. The molecule has 0 fully saturated rings. The van der Waals surface area contributed by atoms with Crippen molar-refractivity contribution in [1.82, 2.24) is 0 Å². The van der Waals surface area contributed by atoms with E-state index in [0.717, 1.165) is 18.2 Å². The van der Waals surface area contributed by atoms with Crippen LogP contribution in [0.4, 0.5) is 0 Å². The Morgan fingerprint density at radius 1 is 0.500 bits per heavy atom. The van der Waals surface area contributed by atoms with Crippen LogP contribution in [0.3, 0.4) is 0 Å². The average molecular weight is 379 g/mol. The lowest BCUT2D eigenvalue weighted by molar-refractivity contribution is 0.122. The van der Waals surface area contributed by atoms with Gasteiger partial charge < -0.3 is 13.3 Å². The molecular formula is C19H42O3SSi. The minimum absolute atomic E-state index is 0.935. The molecule has 0 aliphatic rings. The summed E-state index contributed by atoms with van der Waals surface area (Å²) in [4.78, 5) is 0. The van der Waals surface area contributed by atoms with Crippen molar-refractivity contribution in [2.45, 2.75) is 95.9 Å². The minimum atomic E-state index is -2.33. The fourth-order valence-electron chi connectivity index (χ4n) is 3.13. The molecule has 24 heavy (non-hydrogen) atoms. The summed E-state index contributed by atoms with van der Waals surface area (Å²) in [5.41, 5.74) is 0. The van der Waals surface area contributed by atoms with E-state index >= 15 is 0 Å². The van der Waals surface area contributed by atoms with Gasteiger partial charge in [0.25, 0.3) is 0 Å². The van der Waals surface area contributed by atoms with Crippen LogP contribution in [0.2, 0.25) is 6.04 Å². The van der Waals surface area contributed by atoms with Gasteiger partial charge in [0, 0.05) is 27.4 Å². The molecule has 0 aromatic carbocycles. The van der Waals surface area contributed by atoms with Crippen molar-refractivity contribution in [1.29, 1.82) is 0 Å². The van der Waals surface area contributed by atoms with Crippen molar-refractivity contribution in [2.24, 2.45) is 0 Å². The second kappa shape index (κ2) is 18.2. The van der Waals surface area contributed by atoms with Gasteiger partial charge in [-0.1, -0.05) is 77.0 Å². The van der Waals surface area contributed by atoms with Crippen LogP contribution >= 0.6 is 12.6 Å². The van der Waals surface area contributed by atoms with Crippen LogP contribution in [0.5, 0.6) is 0 Å². The number of thiol groups is 1. The lowest BCUT2D eigenvalue weighted by Crippen LogP contribution is -2.42. The second-order valence-corrected chi connectivity index (χ2v) is 10.3. The number of hydrogen-bond donors (Lipinski definition) is 1. The predicted molar refractivity (Wildman–Crippen MR) is 110 cm³/mol. The lowest BCUT2D eigenvalue weighted by Gasteiger charge is -2.24. The summed E-state index contributed by atoms with van der Waals surface area (Å²) in [5.74, 6) is 1.05. The number of hydrogen-bond acceptors (Lipinski definition) is 4. The number of rotatable bonds is 19. The largest absolute Gasteiger partial charge is 0.500 e. The maximum absolute atomic E-state index is 5.45. The van der Waals surface area contributed by atoms with Crippen molar-refractivity contribution in [3.63, 3.8) is 0 Å². The Kier molecular flexibility index (Phi) is 18.6. The Balaban J connectivity index is 3.23. The summed E-state index contributed by atoms with van der Waals surface area (Å²) >= 11 is 4.25. The molecule has 5 heteroatoms. The van der Waals surface area contributed by atoms with E-state index in [9.17, 15) is 0 Å². The summed E-state index contributed by atoms with van der Waals surface area (Å²) in [6, 6.07) is 0.935. The highest BCUT2D eigenvalue weighted by Gasteiger charge is 2.36. The highest BCUT2D eigenvalue weighted by atomic mass is 32.1. The monoisotopic (exact) mass is 378 g/mol. The maximum atomic E-state index is 5.45. The van der Waals surface area contributed by atoms with E-state index in [1.165, 1.54) is 83.5 Å². The molecule has 0 atom stereocenters. The molecule has 0 saturated heterocycles. The van der Waals surface area contributed by atoms with E-state index in [2.05, 4.69) is 12.6 Å². The molecule has 0 bridgehead atoms. The van der Waals surface area contributed by atoms with Crippen molar-refractivity contribution >= 4 is 21.4 Å². The first kappa shape index (κ1) is 24.4. The topological polar surface area (TPSA) is 27.7 Å². The van der Waals surface area contributed by atoms with Gasteiger partial charge >= 0.3 is 8.80 Å². The molecule has 3 nitrogen and oxygen atoms in total. The molecule has 0 amide bonds. The van der Waals surface area contributed by atoms with E-state index < -0.39 is 8.80 Å². The van der Waals surface area contributed by atoms with Crippen LogP contribution < -0.4 is 0 Å². The Morgan fingerprint density at radius 3 is 1.08 bits per heavy atom. The smallest absolute Gasteiger partial charge is 0.377 e. The summed E-state index contributed by atoms with van der Waals surface area (Å²) < 4.78 is 16.3. The molecule has 0 unspecified atom stereocenters. The zero-order chi connectivity index (χ0) is 17.9. The molecule has 0 rings (SSSR count). The first-order valence-electron chi connectivity index (χ1n) is 10.0. The molecule has 0 heterocycles. The van der Waals surface area contributed by atoms with Crippen LogP contribution in [0.25, 0.3) is 0 Å². The Labute approximate surface area is 158 Å². The van der Waals surface area contributed by atoms with Gasteiger partial charge in [0.15, 0.2) is 0 Å². The van der Waals surface area contributed by atoms with Crippen molar-refractivity contribution in [2.75, 3.05) is 27.1 Å². The summed E-state index contributed by atoms with van der Waals surface area (Å²) in [6.45, 7) is 0. The molecule has 0 saturated carbocycles. The second-order valence-electron chi connectivity index (χ2n) is 6.72. The van der Waals surface area contributed by atoms with Crippen molar-refractivity contribution in [3.8, 4) is 0 Å². The van der Waals surface area contributed by atoms with Gasteiger partial charge in [-0.05, 0) is 18.6 Å². The molecule has 0 aromatic heterocycles. The third-order valence-electron chi connectivity index (χ3n) is 4.82. The van der Waals surface area contributed by atoms with Gasteiger partial charge in [-0.15, -0.1) is 0 Å². The highest BCUT2D eigenvalue weighted by molar-refractivity contribution is 7.80. The Bertz CT molecular complexity index is 243. The normalized spacial score (nSPS) is 12.0. The highest BCUT2D eigenvalue weighted by Crippen LogP contribution is 2.18. The fourth-order valence-corrected chi connectivity index (χ4v) is 5.15. The van der Waals surface area contributed by atoms with E-state index in [-0.39, 0.29) is 0 Å². The lowest BCUT2D eigenvalue weighted by atomic mass is 10.0. The average Bonchev–Trinajstić information content (AvgIpc) is 2.62. The van der Waals surface area contributed by atoms with E-state index in [0.29, 0.717) is 0 Å². The summed E-state index contributed by atoms with van der Waals surface area (Å²) in [7, 11) is 2.76. The van der Waals surface area contributed by atoms with Crippen LogP contribution in [0, 0.1) is 0 Å². The van der Waals surface area contributed by atoms with E-state index in [4.69, 9.17) is 13.3 Å². The van der Waals surface area contributed by atoms with Gasteiger partial charge in [0.1, 0.15) is 0 Å². The molecular weight excluding hydrogens is 336 g/mol. The predicted octanol–water partition coefficient (Wildman–Crippen LogP) is 6.26. The van der Waals surface area contributed by atoms with Crippen LogP contribution in [0.1, 0.15) is 89.9 Å². The summed E-state index contributed by atoms with van der Waals surface area (Å²) in [5, 5.41) is 0. The zero-order valence-corrected chi connectivity index (χ0v) is 18.4. The maximum Gasteiger partial charge on any atom is 0.500 e. The van der Waals surface area contributed by atoms with Crippen LogP contribution in [-0.2, 0) is 13.3 Å². The van der Waals surface area contributed by atoms with Gasteiger partial charge in [-0.2, -0.15) is 12.6 Å². The van der Waals surface area contributed by atoms with Crippen LogP contribution in [0.15, 0.2) is 0 Å². The molecule has 0 N–H and O–H groups in total. The first-order chi connectivity index (χ1) is 11.7. The molecule has 0 spiro atoms.